The van der Waals surface area contributed by atoms with Crippen molar-refractivity contribution in [3.8, 4) is 0 Å². The second-order valence-corrected chi connectivity index (χ2v) is 4.43. The zero-order valence-corrected chi connectivity index (χ0v) is 11.0. The molecule has 0 N–H and O–H groups in total. The number of thiophene rings is 1. The summed E-state index contributed by atoms with van der Waals surface area (Å²) in [4.78, 5) is 1.28. The molecule has 16 heavy (non-hydrogen) atoms. The van der Waals surface area contributed by atoms with Gasteiger partial charge in [-0.3, -0.25) is 0 Å². The van der Waals surface area contributed by atoms with E-state index in [1.54, 1.807) is 11.3 Å². The predicted molar refractivity (Wildman–Crippen MR) is 77.8 cm³/mol. The van der Waals surface area contributed by atoms with E-state index in [0.29, 0.717) is 0 Å². The smallest absolute Gasteiger partial charge is 0.0351 e. The van der Waals surface area contributed by atoms with Gasteiger partial charge in [0.1, 0.15) is 0 Å². The summed E-state index contributed by atoms with van der Waals surface area (Å²) in [6.07, 6.45) is 14.6. The minimum atomic E-state index is 1.24. The summed E-state index contributed by atoms with van der Waals surface area (Å²) < 4.78 is 1.30. The molecular weight excluding hydrogens is 212 g/mol. The molecule has 0 saturated carbocycles. The number of hydrogen-bond acceptors (Lipinski definition) is 1. The van der Waals surface area contributed by atoms with Gasteiger partial charge in [-0.1, -0.05) is 37.0 Å². The molecular formula is C15H18S. The highest BCUT2D eigenvalue weighted by Crippen LogP contribution is 2.12. The normalized spacial score (nSPS) is 14.4. The third-order valence-electron chi connectivity index (χ3n) is 2.29. The first kappa shape index (κ1) is 12.7. The highest BCUT2D eigenvalue weighted by atomic mass is 32.1. The van der Waals surface area contributed by atoms with Crippen LogP contribution in [0, 0.1) is 0 Å². The third-order valence-corrected chi connectivity index (χ3v) is 3.44. The van der Waals surface area contributed by atoms with Crippen molar-refractivity contribution in [2.24, 2.45) is 0 Å². The van der Waals surface area contributed by atoms with Crippen molar-refractivity contribution < 1.29 is 0 Å². The van der Waals surface area contributed by atoms with E-state index in [-0.39, 0.29) is 0 Å². The lowest BCUT2D eigenvalue weighted by atomic mass is 10.2. The fourth-order valence-corrected chi connectivity index (χ4v) is 2.81. The van der Waals surface area contributed by atoms with Crippen LogP contribution in [0.4, 0.5) is 0 Å². The molecule has 0 bridgehead atoms. The first-order valence-electron chi connectivity index (χ1n) is 5.45. The Morgan fingerprint density at radius 3 is 2.38 bits per heavy atom. The molecule has 84 valence electrons. The zero-order valence-electron chi connectivity index (χ0n) is 10.2. The lowest BCUT2D eigenvalue weighted by Gasteiger charge is -1.89. The minimum absolute atomic E-state index is 1.24. The highest BCUT2D eigenvalue weighted by Gasteiger charge is 2.02. The molecule has 0 aromatic carbocycles. The Bertz CT molecular complexity index is 525. The van der Waals surface area contributed by atoms with E-state index < -0.39 is 0 Å². The number of rotatable bonds is 3. The van der Waals surface area contributed by atoms with E-state index in [0.717, 1.165) is 0 Å². The SMILES string of the molecule is C=Cc1c(/C=C\C)sc(=C/C=C\C)/c1=C\C. The predicted octanol–water partition coefficient (Wildman–Crippen LogP) is 3.58. The Balaban J connectivity index is 3.60. The van der Waals surface area contributed by atoms with Crippen molar-refractivity contribution in [2.45, 2.75) is 20.8 Å². The van der Waals surface area contributed by atoms with Crippen LogP contribution in [0.15, 0.2) is 24.8 Å². The van der Waals surface area contributed by atoms with Gasteiger partial charge in [0.05, 0.1) is 0 Å². The molecule has 0 amide bonds. The average Bonchev–Trinajstić information content (AvgIpc) is 2.63. The van der Waals surface area contributed by atoms with Crippen LogP contribution in [-0.4, -0.2) is 0 Å². The first-order valence-corrected chi connectivity index (χ1v) is 6.27. The maximum atomic E-state index is 3.90. The van der Waals surface area contributed by atoms with Crippen molar-refractivity contribution in [3.05, 3.63) is 45.0 Å². The molecule has 0 nitrogen and oxygen atoms in total. The van der Waals surface area contributed by atoms with Crippen LogP contribution in [-0.2, 0) is 0 Å². The first-order chi connectivity index (χ1) is 7.78. The van der Waals surface area contributed by atoms with Crippen LogP contribution < -0.4 is 9.75 Å². The maximum Gasteiger partial charge on any atom is 0.0351 e. The number of hydrogen-bond donors (Lipinski definition) is 0. The van der Waals surface area contributed by atoms with Crippen molar-refractivity contribution in [3.63, 3.8) is 0 Å². The van der Waals surface area contributed by atoms with Crippen LogP contribution >= 0.6 is 11.3 Å². The molecule has 1 heterocycles. The van der Waals surface area contributed by atoms with Gasteiger partial charge in [-0.25, -0.2) is 0 Å². The molecule has 1 rings (SSSR count). The summed E-state index contributed by atoms with van der Waals surface area (Å²) in [6.45, 7) is 10.0. The van der Waals surface area contributed by atoms with Crippen molar-refractivity contribution in [1.29, 1.82) is 0 Å². The molecule has 1 aromatic heterocycles. The van der Waals surface area contributed by atoms with E-state index in [4.69, 9.17) is 0 Å². The molecule has 0 saturated heterocycles. The topological polar surface area (TPSA) is 0 Å². The molecule has 0 aliphatic heterocycles. The molecule has 0 unspecified atom stereocenters. The molecule has 1 aromatic rings. The van der Waals surface area contributed by atoms with Crippen molar-refractivity contribution in [1.82, 2.24) is 0 Å². The zero-order chi connectivity index (χ0) is 12.0. The van der Waals surface area contributed by atoms with Crippen LogP contribution in [0.5, 0.6) is 0 Å². The summed E-state index contributed by atoms with van der Waals surface area (Å²) >= 11 is 1.80. The Morgan fingerprint density at radius 2 is 1.88 bits per heavy atom. The summed E-state index contributed by atoms with van der Waals surface area (Å²) in [5.74, 6) is 0. The Morgan fingerprint density at radius 1 is 1.12 bits per heavy atom. The van der Waals surface area contributed by atoms with Crippen LogP contribution in [0.2, 0.25) is 0 Å². The Hall–Kier alpha value is -1.34. The lowest BCUT2D eigenvalue weighted by Crippen LogP contribution is -2.19. The minimum Gasteiger partial charge on any atom is -0.135 e. The molecule has 0 atom stereocenters. The number of allylic oxidation sites excluding steroid dienone is 3. The standard InChI is InChI=1S/C15H18S/c1-5-9-11-15-13(8-4)12(7-3)14(16-15)10-6-2/h5-11H,3H2,1-2,4H3/b9-5-,10-6-,13-8-,15-11+. The van der Waals surface area contributed by atoms with Crippen LogP contribution in [0.1, 0.15) is 31.2 Å². The highest BCUT2D eigenvalue weighted by molar-refractivity contribution is 7.11. The molecule has 0 fully saturated rings. The second-order valence-electron chi connectivity index (χ2n) is 3.34. The molecule has 0 aliphatic carbocycles. The quantitative estimate of drug-likeness (QED) is 0.744. The Labute approximate surface area is 102 Å². The van der Waals surface area contributed by atoms with E-state index in [9.17, 15) is 0 Å². The van der Waals surface area contributed by atoms with Gasteiger partial charge in [0.25, 0.3) is 0 Å². The summed E-state index contributed by atoms with van der Waals surface area (Å²) in [7, 11) is 0. The largest absolute Gasteiger partial charge is 0.135 e. The van der Waals surface area contributed by atoms with Crippen LogP contribution in [0.3, 0.4) is 0 Å². The van der Waals surface area contributed by atoms with Crippen molar-refractivity contribution in [2.75, 3.05) is 0 Å². The second kappa shape index (κ2) is 6.29. The summed E-state index contributed by atoms with van der Waals surface area (Å²) in [6, 6.07) is 0. The van der Waals surface area contributed by atoms with E-state index in [1.807, 2.05) is 26.0 Å². The molecule has 1 heteroatoms. The van der Waals surface area contributed by atoms with Gasteiger partial charge in [-0.15, -0.1) is 11.3 Å². The van der Waals surface area contributed by atoms with Gasteiger partial charge < -0.3 is 0 Å². The third kappa shape index (κ3) is 2.61. The monoisotopic (exact) mass is 230 g/mol. The summed E-state index contributed by atoms with van der Waals surface area (Å²) in [5, 5.41) is 1.28. The van der Waals surface area contributed by atoms with Gasteiger partial charge in [-0.05, 0) is 43.7 Å². The Kier molecular flexibility index (Phi) is 5.00. The van der Waals surface area contributed by atoms with Crippen LogP contribution in [0.25, 0.3) is 24.3 Å². The van der Waals surface area contributed by atoms with E-state index in [2.05, 4.69) is 43.9 Å². The van der Waals surface area contributed by atoms with Crippen molar-refractivity contribution >= 4 is 35.6 Å². The van der Waals surface area contributed by atoms with Gasteiger partial charge >= 0.3 is 0 Å². The fourth-order valence-electron chi connectivity index (χ4n) is 1.58. The van der Waals surface area contributed by atoms with E-state index in [1.165, 1.54) is 20.2 Å². The fraction of sp³-hybridized carbons (Fsp3) is 0.200. The molecule has 0 radical (unpaired) electrons. The molecule has 0 aliphatic rings. The summed E-state index contributed by atoms with van der Waals surface area (Å²) in [5.41, 5.74) is 1.24. The average molecular weight is 230 g/mol. The van der Waals surface area contributed by atoms with Gasteiger partial charge in [0.2, 0.25) is 0 Å². The van der Waals surface area contributed by atoms with E-state index >= 15 is 0 Å². The van der Waals surface area contributed by atoms with Gasteiger partial charge in [0, 0.05) is 9.41 Å². The lowest BCUT2D eigenvalue weighted by molar-refractivity contribution is 1.62. The molecule has 0 spiro atoms. The van der Waals surface area contributed by atoms with Gasteiger partial charge in [-0.2, -0.15) is 0 Å². The van der Waals surface area contributed by atoms with Gasteiger partial charge in [0.15, 0.2) is 0 Å². The maximum absolute atomic E-state index is 3.90.